The van der Waals surface area contributed by atoms with E-state index in [4.69, 9.17) is 9.47 Å². The maximum Gasteiger partial charge on any atom is 0.408 e. The van der Waals surface area contributed by atoms with Crippen LogP contribution in [0.2, 0.25) is 0 Å². The molecule has 0 bridgehead atoms. The van der Waals surface area contributed by atoms with Crippen LogP contribution in [0.4, 0.5) is 10.5 Å². The number of alkyl carbamates (subject to hydrolysis) is 1. The van der Waals surface area contributed by atoms with Crippen molar-refractivity contribution in [1.29, 1.82) is 0 Å². The first kappa shape index (κ1) is 35.4. The van der Waals surface area contributed by atoms with E-state index in [0.29, 0.717) is 0 Å². The number of nitro groups is 1. The quantitative estimate of drug-likeness (QED) is 0.0532. The normalized spacial score (nSPS) is 11.5. The number of carbonyl (C=O) groups is 3. The third-order valence-corrected chi connectivity index (χ3v) is 9.45. The SMILES string of the molecule is O=C(CNC(=O)C(CSC(c1ccccc1)(c1ccccc1)c1ccccc1)NC(=O)OCc1ccccc1)OCc1ccccc1[N+](=O)[O-]. The lowest BCUT2D eigenvalue weighted by Gasteiger charge is -2.36. The van der Waals surface area contributed by atoms with E-state index >= 15 is 0 Å². The molecule has 0 spiro atoms. The number of thioether (sulfide) groups is 1. The van der Waals surface area contributed by atoms with Crippen molar-refractivity contribution < 1.29 is 28.8 Å². The highest BCUT2D eigenvalue weighted by atomic mass is 32.2. The van der Waals surface area contributed by atoms with Crippen LogP contribution in [0.3, 0.4) is 0 Å². The summed E-state index contributed by atoms with van der Waals surface area (Å²) in [7, 11) is 0. The van der Waals surface area contributed by atoms with Gasteiger partial charge in [-0.3, -0.25) is 19.7 Å². The highest BCUT2D eigenvalue weighted by molar-refractivity contribution is 8.00. The Morgan fingerprint density at radius 3 is 1.72 bits per heavy atom. The van der Waals surface area contributed by atoms with Crippen LogP contribution in [0, 0.1) is 10.1 Å². The summed E-state index contributed by atoms with van der Waals surface area (Å²) in [6.07, 6.45) is -0.807. The van der Waals surface area contributed by atoms with E-state index in [1.165, 1.54) is 30.0 Å². The second-order valence-corrected chi connectivity index (χ2v) is 12.3. The Balaban J connectivity index is 1.37. The lowest BCUT2D eigenvalue weighted by atomic mass is 9.84. The number of hydrogen-bond donors (Lipinski definition) is 2. The molecule has 5 rings (SSSR count). The van der Waals surface area contributed by atoms with Crippen LogP contribution in [-0.2, 0) is 37.0 Å². The number of amides is 2. The minimum atomic E-state index is -1.14. The molecule has 254 valence electrons. The smallest absolute Gasteiger partial charge is 0.408 e. The Labute approximate surface area is 294 Å². The van der Waals surface area contributed by atoms with E-state index in [2.05, 4.69) is 10.6 Å². The minimum Gasteiger partial charge on any atom is -0.459 e. The number of para-hydroxylation sites is 1. The fourth-order valence-corrected chi connectivity index (χ4v) is 6.93. The van der Waals surface area contributed by atoms with Crippen LogP contribution in [0.1, 0.15) is 27.8 Å². The molecule has 11 heteroatoms. The fraction of sp³-hybridized carbons (Fsp3) is 0.154. The van der Waals surface area contributed by atoms with Crippen molar-refractivity contribution in [2.75, 3.05) is 12.3 Å². The van der Waals surface area contributed by atoms with Gasteiger partial charge in [-0.1, -0.05) is 133 Å². The zero-order chi connectivity index (χ0) is 35.2. The molecule has 0 saturated heterocycles. The lowest BCUT2D eigenvalue weighted by molar-refractivity contribution is -0.385. The first-order valence-electron chi connectivity index (χ1n) is 15.8. The van der Waals surface area contributed by atoms with Crippen LogP contribution in [0.5, 0.6) is 0 Å². The summed E-state index contributed by atoms with van der Waals surface area (Å²) in [6.45, 7) is -0.875. The summed E-state index contributed by atoms with van der Waals surface area (Å²) in [5.41, 5.74) is 3.70. The topological polar surface area (TPSA) is 137 Å². The van der Waals surface area contributed by atoms with Crippen LogP contribution in [0.25, 0.3) is 0 Å². The van der Waals surface area contributed by atoms with Gasteiger partial charge in [-0.15, -0.1) is 11.8 Å². The second kappa shape index (κ2) is 17.5. The van der Waals surface area contributed by atoms with Crippen molar-refractivity contribution >= 4 is 35.4 Å². The number of benzene rings is 5. The van der Waals surface area contributed by atoms with E-state index in [1.807, 2.05) is 121 Å². The monoisotopic (exact) mass is 689 g/mol. The van der Waals surface area contributed by atoms with Gasteiger partial charge in [0.2, 0.25) is 5.91 Å². The standard InChI is InChI=1S/C39H35N3O7S/c43-36(48-27-30-17-13-14-24-35(30)42(46)47)25-40-37(44)34(41-38(45)49-26-29-15-5-1-6-16-29)28-50-39(31-18-7-2-8-19-31,32-20-9-3-10-21-32)33-22-11-4-12-23-33/h1-24,34H,25-28H2,(H,40,44)(H,41,45). The van der Waals surface area contributed by atoms with Crippen molar-refractivity contribution in [2.45, 2.75) is 24.0 Å². The molecular weight excluding hydrogens is 655 g/mol. The predicted octanol–water partition coefficient (Wildman–Crippen LogP) is 6.77. The largest absolute Gasteiger partial charge is 0.459 e. The number of hydrogen-bond acceptors (Lipinski definition) is 8. The Morgan fingerprint density at radius 1 is 0.680 bits per heavy atom. The zero-order valence-corrected chi connectivity index (χ0v) is 27.8. The molecule has 5 aromatic rings. The zero-order valence-electron chi connectivity index (χ0n) is 27.0. The van der Waals surface area contributed by atoms with Crippen molar-refractivity contribution in [3.05, 3.63) is 184 Å². The van der Waals surface area contributed by atoms with Gasteiger partial charge in [-0.2, -0.15) is 0 Å². The van der Waals surface area contributed by atoms with Crippen LogP contribution in [0.15, 0.2) is 146 Å². The van der Waals surface area contributed by atoms with E-state index in [1.54, 1.807) is 6.07 Å². The Bertz CT molecular complexity index is 1780. The minimum absolute atomic E-state index is 0.00587. The summed E-state index contributed by atoms with van der Waals surface area (Å²) in [5.74, 6) is -1.36. The van der Waals surface area contributed by atoms with E-state index in [0.717, 1.165) is 22.3 Å². The molecule has 2 N–H and O–H groups in total. The first-order valence-corrected chi connectivity index (χ1v) is 16.8. The molecule has 5 aromatic carbocycles. The van der Waals surface area contributed by atoms with Crippen LogP contribution < -0.4 is 10.6 Å². The van der Waals surface area contributed by atoms with Crippen molar-refractivity contribution in [2.24, 2.45) is 0 Å². The molecule has 1 atom stereocenters. The molecule has 0 aliphatic rings. The number of nitrogens with one attached hydrogen (secondary N) is 2. The summed E-state index contributed by atoms with van der Waals surface area (Å²) in [5, 5.41) is 16.6. The molecule has 50 heavy (non-hydrogen) atoms. The summed E-state index contributed by atoms with van der Waals surface area (Å²) in [6, 6.07) is 43.6. The Morgan fingerprint density at radius 2 is 1.18 bits per heavy atom. The molecule has 10 nitrogen and oxygen atoms in total. The van der Waals surface area contributed by atoms with Gasteiger partial charge in [0.15, 0.2) is 0 Å². The van der Waals surface area contributed by atoms with Gasteiger partial charge in [0.1, 0.15) is 25.8 Å². The number of ether oxygens (including phenoxy) is 2. The lowest BCUT2D eigenvalue weighted by Crippen LogP contribution is -2.50. The molecule has 0 heterocycles. The molecule has 2 amide bonds. The molecule has 0 aliphatic carbocycles. The molecule has 0 fully saturated rings. The van der Waals surface area contributed by atoms with E-state index < -0.39 is 40.2 Å². The molecule has 0 saturated carbocycles. The van der Waals surface area contributed by atoms with Gasteiger partial charge < -0.3 is 20.1 Å². The molecule has 1 unspecified atom stereocenters. The maximum absolute atomic E-state index is 13.7. The molecule has 0 radical (unpaired) electrons. The second-order valence-electron chi connectivity index (χ2n) is 11.1. The number of nitrogens with zero attached hydrogens (tertiary/aromatic N) is 1. The van der Waals surface area contributed by atoms with Gasteiger partial charge in [0.05, 0.1) is 15.2 Å². The predicted molar refractivity (Wildman–Crippen MR) is 191 cm³/mol. The van der Waals surface area contributed by atoms with E-state index in [9.17, 15) is 24.5 Å². The maximum atomic E-state index is 13.7. The fourth-order valence-electron chi connectivity index (χ4n) is 5.37. The number of rotatable bonds is 15. The van der Waals surface area contributed by atoms with Crippen molar-refractivity contribution in [3.8, 4) is 0 Å². The molecular formula is C39H35N3O7S. The Kier molecular flexibility index (Phi) is 12.3. The first-order chi connectivity index (χ1) is 24.4. The number of carbonyl (C=O) groups excluding carboxylic acids is 3. The van der Waals surface area contributed by atoms with E-state index in [-0.39, 0.29) is 30.2 Å². The molecule has 0 aromatic heterocycles. The van der Waals surface area contributed by atoms with Gasteiger partial charge in [-0.25, -0.2) is 4.79 Å². The average Bonchev–Trinajstić information content (AvgIpc) is 3.16. The van der Waals surface area contributed by atoms with Gasteiger partial charge in [0, 0.05) is 11.8 Å². The van der Waals surface area contributed by atoms with Crippen LogP contribution in [-0.4, -0.2) is 41.2 Å². The number of nitro benzene ring substituents is 1. The average molecular weight is 690 g/mol. The highest BCUT2D eigenvalue weighted by Crippen LogP contribution is 2.48. The van der Waals surface area contributed by atoms with Gasteiger partial charge in [-0.05, 0) is 28.3 Å². The third-order valence-electron chi connectivity index (χ3n) is 7.81. The summed E-state index contributed by atoms with van der Waals surface area (Å²) >= 11 is 1.46. The van der Waals surface area contributed by atoms with Crippen molar-refractivity contribution in [1.82, 2.24) is 10.6 Å². The number of esters is 1. The van der Waals surface area contributed by atoms with Gasteiger partial charge in [0.25, 0.3) is 5.69 Å². The highest BCUT2D eigenvalue weighted by Gasteiger charge is 2.38. The molecule has 0 aliphatic heterocycles. The summed E-state index contributed by atoms with van der Waals surface area (Å²) < 4.78 is 9.89. The Hall–Kier alpha value is -5.94. The summed E-state index contributed by atoms with van der Waals surface area (Å²) in [4.78, 5) is 50.2. The third kappa shape index (κ3) is 9.14. The van der Waals surface area contributed by atoms with Crippen molar-refractivity contribution in [3.63, 3.8) is 0 Å². The van der Waals surface area contributed by atoms with Crippen LogP contribution >= 0.6 is 11.8 Å². The van der Waals surface area contributed by atoms with Gasteiger partial charge >= 0.3 is 12.1 Å².